The number of aromatic carboxylic acids is 1. The van der Waals surface area contributed by atoms with E-state index in [1.807, 2.05) is 6.07 Å². The molecule has 1 aromatic carbocycles. The summed E-state index contributed by atoms with van der Waals surface area (Å²) in [4.78, 5) is 27.5. The van der Waals surface area contributed by atoms with Crippen LogP contribution in [0.3, 0.4) is 0 Å². The van der Waals surface area contributed by atoms with Gasteiger partial charge in [-0.25, -0.2) is 9.78 Å². The number of nitrogens with zero attached hydrogens (tertiary/aromatic N) is 1. The third kappa shape index (κ3) is 3.14. The fourth-order valence-electron chi connectivity index (χ4n) is 2.79. The lowest BCUT2D eigenvalue weighted by atomic mass is 9.64. The largest absolute Gasteiger partial charge is 0.476 e. The molecule has 5 nitrogen and oxygen atoms in total. The predicted octanol–water partition coefficient (Wildman–Crippen LogP) is 3.89. The lowest BCUT2D eigenvalue weighted by molar-refractivity contribution is -0.130. The van der Waals surface area contributed by atoms with Crippen LogP contribution in [-0.2, 0) is 16.8 Å². The Balaban J connectivity index is 1.74. The Hall–Kier alpha value is -1.63. The number of nitrogens with one attached hydrogen (secondary N) is 1. The molecule has 126 valence electrons. The van der Waals surface area contributed by atoms with Gasteiger partial charge in [0, 0.05) is 5.38 Å². The Morgan fingerprint density at radius 1 is 1.29 bits per heavy atom. The summed E-state index contributed by atoms with van der Waals surface area (Å²) in [5, 5.41) is 14.7. The molecule has 0 bridgehead atoms. The molecule has 0 unspecified atom stereocenters. The minimum absolute atomic E-state index is 0.00732. The summed E-state index contributed by atoms with van der Waals surface area (Å²) in [5.41, 5.74) is 0.249. The van der Waals surface area contributed by atoms with Gasteiger partial charge in [-0.05, 0) is 30.5 Å². The molecule has 3 rings (SSSR count). The van der Waals surface area contributed by atoms with E-state index in [2.05, 4.69) is 10.3 Å². The van der Waals surface area contributed by atoms with E-state index in [0.29, 0.717) is 15.1 Å². The highest BCUT2D eigenvalue weighted by Crippen LogP contribution is 2.45. The van der Waals surface area contributed by atoms with Crippen molar-refractivity contribution in [3.05, 3.63) is 49.9 Å². The standard InChI is InChI=1S/C16H14Cl2N2O3S/c17-10-3-2-9(6-11(10)18)16(4-1-5-16)15(23)19-7-13-20-12(8-24-13)14(21)22/h2-3,6,8H,1,4-5,7H2,(H,19,23)(H,21,22). The number of aromatic nitrogens is 1. The maximum atomic E-state index is 12.7. The van der Waals surface area contributed by atoms with Crippen LogP contribution in [0, 0.1) is 0 Å². The van der Waals surface area contributed by atoms with Crippen molar-refractivity contribution >= 4 is 46.4 Å². The number of amides is 1. The number of benzene rings is 1. The average Bonchev–Trinajstić information content (AvgIpc) is 2.97. The number of thiazole rings is 1. The second kappa shape index (κ2) is 6.70. The third-order valence-electron chi connectivity index (χ3n) is 4.28. The molecule has 0 atom stereocenters. The van der Waals surface area contributed by atoms with Crippen molar-refractivity contribution in [2.45, 2.75) is 31.2 Å². The highest BCUT2D eigenvalue weighted by molar-refractivity contribution is 7.09. The molecule has 1 aliphatic rings. The van der Waals surface area contributed by atoms with Crippen molar-refractivity contribution in [3.8, 4) is 0 Å². The highest BCUT2D eigenvalue weighted by Gasteiger charge is 2.45. The number of rotatable bonds is 5. The molecule has 1 saturated carbocycles. The Kier molecular flexibility index (Phi) is 4.80. The second-order valence-electron chi connectivity index (χ2n) is 5.68. The second-order valence-corrected chi connectivity index (χ2v) is 7.44. The van der Waals surface area contributed by atoms with Gasteiger partial charge in [0.25, 0.3) is 0 Å². The fraction of sp³-hybridized carbons (Fsp3) is 0.312. The van der Waals surface area contributed by atoms with Gasteiger partial charge in [0.05, 0.1) is 22.0 Å². The summed E-state index contributed by atoms with van der Waals surface area (Å²) in [6.07, 6.45) is 2.46. The molecule has 0 aliphatic heterocycles. The zero-order valence-electron chi connectivity index (χ0n) is 12.5. The van der Waals surface area contributed by atoms with Crippen LogP contribution in [0.25, 0.3) is 0 Å². The minimum Gasteiger partial charge on any atom is -0.476 e. The van der Waals surface area contributed by atoms with Gasteiger partial charge in [-0.3, -0.25) is 4.79 Å². The monoisotopic (exact) mass is 384 g/mol. The molecule has 1 amide bonds. The first-order valence-electron chi connectivity index (χ1n) is 7.34. The van der Waals surface area contributed by atoms with E-state index in [0.717, 1.165) is 24.8 Å². The Morgan fingerprint density at radius 2 is 2.04 bits per heavy atom. The highest BCUT2D eigenvalue weighted by atomic mass is 35.5. The van der Waals surface area contributed by atoms with Crippen LogP contribution in [0.1, 0.15) is 40.3 Å². The zero-order chi connectivity index (χ0) is 17.3. The van der Waals surface area contributed by atoms with E-state index in [1.165, 1.54) is 16.7 Å². The first kappa shape index (κ1) is 17.2. The van der Waals surface area contributed by atoms with Crippen LogP contribution in [0.15, 0.2) is 23.6 Å². The first-order chi connectivity index (χ1) is 11.4. The van der Waals surface area contributed by atoms with E-state index in [9.17, 15) is 9.59 Å². The van der Waals surface area contributed by atoms with Crippen LogP contribution in [-0.4, -0.2) is 22.0 Å². The summed E-state index contributed by atoms with van der Waals surface area (Å²) >= 11 is 13.2. The van der Waals surface area contributed by atoms with Crippen LogP contribution in [0.4, 0.5) is 0 Å². The summed E-state index contributed by atoms with van der Waals surface area (Å²) in [6, 6.07) is 5.28. The molecular weight excluding hydrogens is 371 g/mol. The molecule has 1 heterocycles. The summed E-state index contributed by atoms with van der Waals surface area (Å²) in [5.74, 6) is -1.17. The first-order valence-corrected chi connectivity index (χ1v) is 8.97. The van der Waals surface area contributed by atoms with E-state index in [1.54, 1.807) is 12.1 Å². The maximum absolute atomic E-state index is 12.7. The van der Waals surface area contributed by atoms with Crippen molar-refractivity contribution < 1.29 is 14.7 Å². The molecule has 0 spiro atoms. The lowest BCUT2D eigenvalue weighted by Crippen LogP contribution is -2.49. The van der Waals surface area contributed by atoms with E-state index >= 15 is 0 Å². The summed E-state index contributed by atoms with van der Waals surface area (Å²) in [6.45, 7) is 0.208. The predicted molar refractivity (Wildman–Crippen MR) is 92.9 cm³/mol. The number of hydrogen-bond donors (Lipinski definition) is 2. The van der Waals surface area contributed by atoms with E-state index < -0.39 is 11.4 Å². The minimum atomic E-state index is -1.07. The number of halogens is 2. The van der Waals surface area contributed by atoms with E-state index in [4.69, 9.17) is 28.3 Å². The molecule has 1 aliphatic carbocycles. The van der Waals surface area contributed by atoms with Crippen molar-refractivity contribution in [3.63, 3.8) is 0 Å². The Bertz CT molecular complexity index is 802. The molecule has 1 aromatic heterocycles. The smallest absolute Gasteiger partial charge is 0.355 e. The van der Waals surface area contributed by atoms with Crippen molar-refractivity contribution in [2.24, 2.45) is 0 Å². The van der Waals surface area contributed by atoms with Gasteiger partial charge in [0.1, 0.15) is 5.01 Å². The third-order valence-corrected chi connectivity index (χ3v) is 5.87. The fourth-order valence-corrected chi connectivity index (χ4v) is 3.79. The molecular formula is C16H14Cl2N2O3S. The van der Waals surface area contributed by atoms with Crippen molar-refractivity contribution in [1.29, 1.82) is 0 Å². The molecule has 24 heavy (non-hydrogen) atoms. The van der Waals surface area contributed by atoms with Gasteiger partial charge >= 0.3 is 5.97 Å². The van der Waals surface area contributed by atoms with E-state index in [-0.39, 0.29) is 18.1 Å². The quantitative estimate of drug-likeness (QED) is 0.819. The normalized spacial score (nSPS) is 15.6. The lowest BCUT2D eigenvalue weighted by Gasteiger charge is -2.40. The van der Waals surface area contributed by atoms with Gasteiger partial charge in [0.15, 0.2) is 5.69 Å². The summed E-state index contributed by atoms with van der Waals surface area (Å²) < 4.78 is 0. The van der Waals surface area contributed by atoms with Gasteiger partial charge in [0.2, 0.25) is 5.91 Å². The summed E-state index contributed by atoms with van der Waals surface area (Å²) in [7, 11) is 0. The Morgan fingerprint density at radius 3 is 2.58 bits per heavy atom. The van der Waals surface area contributed by atoms with Crippen LogP contribution >= 0.6 is 34.5 Å². The molecule has 0 radical (unpaired) electrons. The Labute approximate surface area is 152 Å². The SMILES string of the molecule is O=C(O)c1csc(CNC(=O)C2(c3ccc(Cl)c(Cl)c3)CCC2)n1. The molecule has 8 heteroatoms. The number of hydrogen-bond acceptors (Lipinski definition) is 4. The molecule has 1 fully saturated rings. The molecule has 2 aromatic rings. The van der Waals surface area contributed by atoms with Crippen LogP contribution in [0.5, 0.6) is 0 Å². The molecule has 0 saturated heterocycles. The molecule has 2 N–H and O–H groups in total. The van der Waals surface area contributed by atoms with Crippen LogP contribution < -0.4 is 5.32 Å². The van der Waals surface area contributed by atoms with Crippen molar-refractivity contribution in [2.75, 3.05) is 0 Å². The van der Waals surface area contributed by atoms with Gasteiger partial charge in [-0.1, -0.05) is 35.7 Å². The topological polar surface area (TPSA) is 79.3 Å². The zero-order valence-corrected chi connectivity index (χ0v) is 14.8. The number of carboxylic acids is 1. The number of carbonyl (C=O) groups is 2. The maximum Gasteiger partial charge on any atom is 0.355 e. The van der Waals surface area contributed by atoms with Gasteiger partial charge in [-0.15, -0.1) is 11.3 Å². The average molecular weight is 385 g/mol. The van der Waals surface area contributed by atoms with Crippen LogP contribution in [0.2, 0.25) is 10.0 Å². The number of carboxylic acid groups (broad SMARTS) is 1. The van der Waals surface area contributed by atoms with Gasteiger partial charge in [-0.2, -0.15) is 0 Å². The number of carbonyl (C=O) groups excluding carboxylic acids is 1. The van der Waals surface area contributed by atoms with Crippen molar-refractivity contribution in [1.82, 2.24) is 10.3 Å². The van der Waals surface area contributed by atoms with Gasteiger partial charge < -0.3 is 10.4 Å².